The summed E-state index contributed by atoms with van der Waals surface area (Å²) in [5, 5.41) is 1.60. The number of nitrogens with zero attached hydrogens (tertiary/aromatic N) is 1. The number of nitrogens with one attached hydrogen (secondary N) is 1. The number of thioether (sulfide) groups is 1. The van der Waals surface area contributed by atoms with Crippen molar-refractivity contribution in [2.45, 2.75) is 18.2 Å². The number of imide groups is 1. The molecule has 1 aliphatic heterocycles. The maximum Gasteiger partial charge on any atom is 0.420 e. The van der Waals surface area contributed by atoms with Crippen molar-refractivity contribution in [2.75, 3.05) is 6.61 Å². The second kappa shape index (κ2) is 7.32. The predicted octanol–water partition coefficient (Wildman–Crippen LogP) is 2.57. The number of aromatic nitrogens is 1. The first-order valence-electron chi connectivity index (χ1n) is 8.42. The lowest BCUT2D eigenvalue weighted by molar-refractivity contribution is -0.118. The molecule has 8 heteroatoms. The monoisotopic (exact) mass is 384 g/mol. The van der Waals surface area contributed by atoms with Crippen LogP contribution >= 0.6 is 11.8 Å². The molecule has 1 unspecified atom stereocenters. The number of oxazole rings is 1. The third kappa shape index (κ3) is 3.75. The number of fused-ring (bicyclic) bond motifs is 1. The number of hydrogen-bond donors (Lipinski definition) is 1. The molecule has 1 saturated heterocycles. The predicted molar refractivity (Wildman–Crippen MR) is 101 cm³/mol. The van der Waals surface area contributed by atoms with Gasteiger partial charge in [0.25, 0.3) is 5.24 Å². The molecule has 0 radical (unpaired) electrons. The Morgan fingerprint density at radius 2 is 1.85 bits per heavy atom. The van der Waals surface area contributed by atoms with Gasteiger partial charge in [0, 0.05) is 0 Å². The van der Waals surface area contributed by atoms with Gasteiger partial charge in [-0.25, -0.2) is 4.79 Å². The zero-order valence-electron chi connectivity index (χ0n) is 14.2. The lowest BCUT2D eigenvalue weighted by Gasteiger charge is -2.09. The molecule has 1 aliphatic rings. The van der Waals surface area contributed by atoms with Crippen molar-refractivity contribution < 1.29 is 18.7 Å². The number of benzene rings is 2. The number of para-hydroxylation sites is 2. The summed E-state index contributed by atoms with van der Waals surface area (Å²) >= 11 is 1.02. The molecule has 0 bridgehead atoms. The van der Waals surface area contributed by atoms with Gasteiger partial charge in [-0.3, -0.25) is 19.5 Å². The van der Waals surface area contributed by atoms with Crippen LogP contribution in [-0.4, -0.2) is 27.6 Å². The van der Waals surface area contributed by atoms with Gasteiger partial charge in [0.2, 0.25) is 5.91 Å². The van der Waals surface area contributed by atoms with E-state index in [-0.39, 0.29) is 16.4 Å². The Kier molecular flexibility index (Phi) is 4.72. The molecule has 3 aromatic rings. The first kappa shape index (κ1) is 17.4. The highest BCUT2D eigenvalue weighted by Crippen LogP contribution is 2.24. The van der Waals surface area contributed by atoms with Crippen LogP contribution in [0.3, 0.4) is 0 Å². The van der Waals surface area contributed by atoms with Crippen molar-refractivity contribution >= 4 is 34.0 Å². The molecule has 1 fully saturated rings. The molecule has 27 heavy (non-hydrogen) atoms. The molecule has 2 aromatic carbocycles. The summed E-state index contributed by atoms with van der Waals surface area (Å²) in [5.74, 6) is 0.0133. The molecule has 0 spiro atoms. The number of amides is 2. The average Bonchev–Trinajstić information content (AvgIpc) is 3.14. The highest BCUT2D eigenvalue weighted by atomic mass is 32.2. The number of rotatable bonds is 6. The fraction of sp³-hybridized carbons (Fsp3) is 0.211. The second-order valence-corrected chi connectivity index (χ2v) is 7.24. The Morgan fingerprint density at radius 3 is 2.59 bits per heavy atom. The van der Waals surface area contributed by atoms with E-state index in [1.165, 1.54) is 4.57 Å². The first-order chi connectivity index (χ1) is 13.1. The van der Waals surface area contributed by atoms with Crippen molar-refractivity contribution in [1.82, 2.24) is 9.88 Å². The van der Waals surface area contributed by atoms with Crippen molar-refractivity contribution in [2.24, 2.45) is 0 Å². The molecule has 1 atom stereocenters. The minimum Gasteiger partial charge on any atom is -0.492 e. The third-order valence-corrected chi connectivity index (χ3v) is 5.25. The number of carbonyl (C=O) groups excluding carboxylic acids is 2. The number of carbonyl (C=O) groups is 2. The van der Waals surface area contributed by atoms with Crippen LogP contribution in [0.4, 0.5) is 4.79 Å². The van der Waals surface area contributed by atoms with Crippen molar-refractivity contribution in [1.29, 1.82) is 0 Å². The zero-order valence-corrected chi connectivity index (χ0v) is 15.0. The Hall–Kier alpha value is -3.00. The number of ether oxygens (including phenoxy) is 1. The summed E-state index contributed by atoms with van der Waals surface area (Å²) in [7, 11) is 0. The van der Waals surface area contributed by atoms with E-state index in [1.54, 1.807) is 6.07 Å². The molecular formula is C19H16N2O5S. The summed E-state index contributed by atoms with van der Waals surface area (Å²) in [6.45, 7) is 0.691. The highest BCUT2D eigenvalue weighted by Gasteiger charge is 2.31. The van der Waals surface area contributed by atoms with Crippen LogP contribution in [0.25, 0.3) is 11.1 Å². The zero-order chi connectivity index (χ0) is 18.8. The van der Waals surface area contributed by atoms with E-state index < -0.39 is 5.76 Å². The first-order valence-corrected chi connectivity index (χ1v) is 9.30. The Bertz CT molecular complexity index is 1050. The third-order valence-electron chi connectivity index (χ3n) is 4.27. The summed E-state index contributed by atoms with van der Waals surface area (Å²) < 4.78 is 12.4. The van der Waals surface area contributed by atoms with Crippen LogP contribution in [-0.2, 0) is 17.8 Å². The molecule has 4 rings (SSSR count). The largest absolute Gasteiger partial charge is 0.492 e. The lowest BCUT2D eigenvalue weighted by Crippen LogP contribution is -2.25. The van der Waals surface area contributed by atoms with E-state index in [1.807, 2.05) is 42.5 Å². The van der Waals surface area contributed by atoms with Crippen molar-refractivity contribution in [3.8, 4) is 5.75 Å². The second-order valence-electron chi connectivity index (χ2n) is 6.07. The smallest absolute Gasteiger partial charge is 0.420 e. The van der Waals surface area contributed by atoms with Crippen LogP contribution in [0.15, 0.2) is 57.7 Å². The minimum atomic E-state index is -0.406. The molecule has 1 aromatic heterocycles. The van der Waals surface area contributed by atoms with Crippen LogP contribution in [0.1, 0.15) is 5.56 Å². The van der Waals surface area contributed by atoms with Gasteiger partial charge in [0.1, 0.15) is 12.4 Å². The highest BCUT2D eigenvalue weighted by molar-refractivity contribution is 8.15. The van der Waals surface area contributed by atoms with Crippen LogP contribution in [0.5, 0.6) is 5.75 Å². The topological polar surface area (TPSA) is 90.5 Å². The SMILES string of the molecule is O=C1NC(=O)C(Cc2ccc(OCCn3c(=O)oc4ccccc43)cc2)S1. The van der Waals surface area contributed by atoms with Gasteiger partial charge in [0.15, 0.2) is 5.58 Å². The summed E-state index contributed by atoms with van der Waals surface area (Å²) in [5.41, 5.74) is 2.24. The Balaban J connectivity index is 1.35. The van der Waals surface area contributed by atoms with E-state index in [0.717, 1.165) is 22.8 Å². The average molecular weight is 384 g/mol. The molecule has 138 valence electrons. The van der Waals surface area contributed by atoms with Crippen LogP contribution in [0, 0.1) is 0 Å². The summed E-state index contributed by atoms with van der Waals surface area (Å²) in [6.07, 6.45) is 0.485. The summed E-state index contributed by atoms with van der Waals surface area (Å²) in [6, 6.07) is 14.6. The standard InChI is InChI=1S/C19H16N2O5S/c22-17-16(27-18(23)20-17)11-12-5-7-13(8-6-12)25-10-9-21-14-3-1-2-4-15(14)26-19(21)24/h1-8,16H,9-11H2,(H,20,22,23). The van der Waals surface area contributed by atoms with Gasteiger partial charge in [-0.1, -0.05) is 36.0 Å². The molecule has 0 saturated carbocycles. The number of hydrogen-bond acceptors (Lipinski definition) is 6. The van der Waals surface area contributed by atoms with Crippen molar-refractivity contribution in [3.63, 3.8) is 0 Å². The van der Waals surface area contributed by atoms with E-state index in [0.29, 0.717) is 30.9 Å². The van der Waals surface area contributed by atoms with Crippen LogP contribution < -0.4 is 15.8 Å². The molecule has 2 heterocycles. The van der Waals surface area contributed by atoms with Gasteiger partial charge in [-0.2, -0.15) is 0 Å². The van der Waals surface area contributed by atoms with E-state index >= 15 is 0 Å². The van der Waals surface area contributed by atoms with Gasteiger partial charge >= 0.3 is 5.76 Å². The molecule has 2 amide bonds. The Labute approximate surface area is 158 Å². The van der Waals surface area contributed by atoms with E-state index in [2.05, 4.69) is 5.32 Å². The molecule has 7 nitrogen and oxygen atoms in total. The van der Waals surface area contributed by atoms with Gasteiger partial charge in [0.05, 0.1) is 17.3 Å². The fourth-order valence-electron chi connectivity index (χ4n) is 2.94. The van der Waals surface area contributed by atoms with Gasteiger partial charge in [-0.15, -0.1) is 0 Å². The lowest BCUT2D eigenvalue weighted by atomic mass is 10.1. The maximum atomic E-state index is 11.9. The van der Waals surface area contributed by atoms with E-state index in [4.69, 9.17) is 9.15 Å². The normalized spacial score (nSPS) is 16.7. The van der Waals surface area contributed by atoms with Gasteiger partial charge < -0.3 is 9.15 Å². The summed E-state index contributed by atoms with van der Waals surface area (Å²) in [4.78, 5) is 34.7. The minimum absolute atomic E-state index is 0.247. The van der Waals surface area contributed by atoms with Crippen LogP contribution in [0.2, 0.25) is 0 Å². The molecule has 1 N–H and O–H groups in total. The van der Waals surface area contributed by atoms with Gasteiger partial charge in [-0.05, 0) is 36.2 Å². The van der Waals surface area contributed by atoms with Crippen molar-refractivity contribution in [3.05, 3.63) is 64.6 Å². The quantitative estimate of drug-likeness (QED) is 0.702. The van der Waals surface area contributed by atoms with E-state index in [9.17, 15) is 14.4 Å². The fourth-order valence-corrected chi connectivity index (χ4v) is 3.80. The Morgan fingerprint density at radius 1 is 1.07 bits per heavy atom. The molecule has 0 aliphatic carbocycles. The molecular weight excluding hydrogens is 368 g/mol. The maximum absolute atomic E-state index is 11.9.